The van der Waals surface area contributed by atoms with Gasteiger partial charge in [-0.3, -0.25) is 4.79 Å². The summed E-state index contributed by atoms with van der Waals surface area (Å²) in [5, 5.41) is 6.01. The Morgan fingerprint density at radius 1 is 1.50 bits per heavy atom. The number of rotatable bonds is 5. The molecule has 0 aliphatic heterocycles. The Labute approximate surface area is 118 Å². The monoisotopic (exact) mass is 270 g/mol. The first kappa shape index (κ1) is 15.4. The van der Waals surface area contributed by atoms with Gasteiger partial charge < -0.3 is 11.1 Å². The average molecular weight is 270 g/mol. The van der Waals surface area contributed by atoms with E-state index in [0.717, 1.165) is 5.57 Å². The molecular weight excluding hydrogens is 252 g/mol. The van der Waals surface area contributed by atoms with Crippen LogP contribution in [0.25, 0.3) is 0 Å². The number of allylic oxidation sites excluding steroid dienone is 3. The molecule has 0 fully saturated rings. The molecule has 5 heteroatoms. The predicted molar refractivity (Wildman–Crippen MR) is 82.0 cm³/mol. The van der Waals surface area contributed by atoms with E-state index in [0.29, 0.717) is 22.6 Å². The second-order valence-corrected chi connectivity index (χ2v) is 4.18. The van der Waals surface area contributed by atoms with Gasteiger partial charge in [-0.1, -0.05) is 24.3 Å². The number of hydrogen-bond donors (Lipinski definition) is 3. The van der Waals surface area contributed by atoms with E-state index in [1.807, 2.05) is 19.9 Å². The Hall–Kier alpha value is -2.69. The van der Waals surface area contributed by atoms with E-state index in [2.05, 4.69) is 17.0 Å². The summed E-state index contributed by atoms with van der Waals surface area (Å²) in [5.41, 5.74) is 15.3. The number of nitrogens with zero attached hydrogens (tertiary/aromatic N) is 1. The normalized spacial score (nSPS) is 11.9. The van der Waals surface area contributed by atoms with Crippen LogP contribution in [-0.2, 0) is 4.79 Å². The van der Waals surface area contributed by atoms with Crippen LogP contribution in [0.2, 0.25) is 0 Å². The molecule has 0 aliphatic carbocycles. The van der Waals surface area contributed by atoms with Crippen LogP contribution >= 0.6 is 0 Å². The maximum atomic E-state index is 12.1. The zero-order valence-electron chi connectivity index (χ0n) is 11.6. The Balaban J connectivity index is 2.97. The highest BCUT2D eigenvalue weighted by Crippen LogP contribution is 2.25. The van der Waals surface area contributed by atoms with Crippen LogP contribution in [0.1, 0.15) is 13.8 Å². The minimum atomic E-state index is -0.276. The van der Waals surface area contributed by atoms with Crippen molar-refractivity contribution >= 4 is 23.0 Å². The molecule has 0 bridgehead atoms. The van der Waals surface area contributed by atoms with Crippen LogP contribution in [0, 0.1) is 5.53 Å². The van der Waals surface area contributed by atoms with Crippen molar-refractivity contribution < 1.29 is 4.79 Å². The van der Waals surface area contributed by atoms with Gasteiger partial charge in [0.1, 0.15) is 5.69 Å². The van der Waals surface area contributed by atoms with Gasteiger partial charge in [-0.15, -0.1) is 0 Å². The molecule has 0 atom stereocenters. The van der Waals surface area contributed by atoms with Crippen molar-refractivity contribution in [3.05, 3.63) is 54.2 Å². The molecule has 1 aromatic carbocycles. The molecule has 5 nitrogen and oxygen atoms in total. The molecule has 0 radical (unpaired) electrons. The van der Waals surface area contributed by atoms with E-state index in [9.17, 15) is 4.79 Å². The average Bonchev–Trinajstić information content (AvgIpc) is 2.46. The number of anilines is 2. The van der Waals surface area contributed by atoms with Gasteiger partial charge in [-0.25, -0.2) is 5.53 Å². The van der Waals surface area contributed by atoms with Gasteiger partial charge in [0, 0.05) is 11.3 Å². The highest BCUT2D eigenvalue weighted by atomic mass is 16.1. The molecule has 4 N–H and O–H groups in total. The molecule has 104 valence electrons. The van der Waals surface area contributed by atoms with Crippen LogP contribution in [0.4, 0.5) is 17.1 Å². The zero-order chi connectivity index (χ0) is 15.1. The minimum Gasteiger partial charge on any atom is -0.397 e. The summed E-state index contributed by atoms with van der Waals surface area (Å²) in [6.07, 6.45) is 5.14. The molecule has 1 aromatic rings. The lowest BCUT2D eigenvalue weighted by Gasteiger charge is -2.07. The van der Waals surface area contributed by atoms with E-state index in [1.54, 1.807) is 24.3 Å². The molecular formula is C15H18N4O. The van der Waals surface area contributed by atoms with Gasteiger partial charge in [-0.05, 0) is 38.1 Å². The van der Waals surface area contributed by atoms with E-state index in [-0.39, 0.29) is 5.91 Å². The first-order chi connectivity index (χ1) is 9.51. The summed E-state index contributed by atoms with van der Waals surface area (Å²) in [7, 11) is 0. The summed E-state index contributed by atoms with van der Waals surface area (Å²) in [4.78, 5) is 12.1. The lowest BCUT2D eigenvalue weighted by Crippen LogP contribution is -2.13. The highest BCUT2D eigenvalue weighted by Gasteiger charge is 2.08. The van der Waals surface area contributed by atoms with Crippen LogP contribution in [0.3, 0.4) is 0 Å². The number of nitrogen functional groups attached to an aromatic ring is 1. The minimum absolute atomic E-state index is 0.276. The summed E-state index contributed by atoms with van der Waals surface area (Å²) >= 11 is 0. The van der Waals surface area contributed by atoms with E-state index >= 15 is 0 Å². The molecule has 0 aromatic heterocycles. The molecule has 1 rings (SSSR count). The number of carbonyl (C=O) groups excluding carboxylic acids is 1. The Morgan fingerprint density at radius 3 is 2.75 bits per heavy atom. The van der Waals surface area contributed by atoms with Crippen LogP contribution in [-0.4, -0.2) is 5.91 Å². The summed E-state index contributed by atoms with van der Waals surface area (Å²) in [5.74, 6) is -0.276. The van der Waals surface area contributed by atoms with Gasteiger partial charge >= 0.3 is 0 Å². The zero-order valence-corrected chi connectivity index (χ0v) is 11.6. The predicted octanol–water partition coefficient (Wildman–Crippen LogP) is 3.95. The maximum absolute atomic E-state index is 12.1. The highest BCUT2D eigenvalue weighted by molar-refractivity contribution is 6.06. The molecule has 0 unspecified atom stereocenters. The fourth-order valence-electron chi connectivity index (χ4n) is 1.47. The summed E-state index contributed by atoms with van der Waals surface area (Å²) in [6, 6.07) is 4.80. The maximum Gasteiger partial charge on any atom is 0.255 e. The number of benzene rings is 1. The van der Waals surface area contributed by atoms with Crippen LogP contribution in [0.5, 0.6) is 0 Å². The van der Waals surface area contributed by atoms with Crippen molar-refractivity contribution in [3.8, 4) is 0 Å². The SMILES string of the molecule is C=C/C(=C\C(C)=C/C)C(=O)Nc1ccc(N)c(N=N)c1. The Morgan fingerprint density at radius 2 is 2.20 bits per heavy atom. The number of nitrogens with two attached hydrogens (primary N) is 1. The van der Waals surface area contributed by atoms with Gasteiger partial charge in [0.2, 0.25) is 0 Å². The third kappa shape index (κ3) is 3.91. The number of nitrogens with one attached hydrogen (secondary N) is 2. The van der Waals surface area contributed by atoms with E-state index in [1.165, 1.54) is 6.08 Å². The van der Waals surface area contributed by atoms with Crippen molar-refractivity contribution in [1.29, 1.82) is 5.53 Å². The fourth-order valence-corrected chi connectivity index (χ4v) is 1.47. The lowest BCUT2D eigenvalue weighted by atomic mass is 10.1. The van der Waals surface area contributed by atoms with Crippen molar-refractivity contribution in [2.45, 2.75) is 13.8 Å². The van der Waals surface area contributed by atoms with Crippen molar-refractivity contribution in [1.82, 2.24) is 0 Å². The molecule has 0 heterocycles. The Kier molecular flexibility index (Phi) is 5.41. The van der Waals surface area contributed by atoms with Crippen molar-refractivity contribution in [3.63, 3.8) is 0 Å². The van der Waals surface area contributed by atoms with E-state index in [4.69, 9.17) is 11.3 Å². The molecule has 20 heavy (non-hydrogen) atoms. The third-order valence-electron chi connectivity index (χ3n) is 2.73. The molecule has 0 saturated heterocycles. The summed E-state index contributed by atoms with van der Waals surface area (Å²) < 4.78 is 0. The first-order valence-corrected chi connectivity index (χ1v) is 6.07. The molecule has 0 spiro atoms. The third-order valence-corrected chi connectivity index (χ3v) is 2.73. The molecule has 0 saturated carbocycles. The first-order valence-electron chi connectivity index (χ1n) is 6.07. The largest absolute Gasteiger partial charge is 0.397 e. The second-order valence-electron chi connectivity index (χ2n) is 4.18. The molecule has 1 amide bonds. The van der Waals surface area contributed by atoms with Gasteiger partial charge in [0.05, 0.1) is 5.69 Å². The molecule has 0 aliphatic rings. The number of hydrogen-bond acceptors (Lipinski definition) is 4. The van der Waals surface area contributed by atoms with E-state index < -0.39 is 0 Å². The Bertz CT molecular complexity index is 600. The van der Waals surface area contributed by atoms with Crippen LogP contribution in [0.15, 0.2) is 59.3 Å². The smallest absolute Gasteiger partial charge is 0.255 e. The van der Waals surface area contributed by atoms with Crippen molar-refractivity contribution in [2.24, 2.45) is 5.11 Å². The topological polar surface area (TPSA) is 91.3 Å². The number of carbonyl (C=O) groups is 1. The van der Waals surface area contributed by atoms with Gasteiger partial charge in [0.15, 0.2) is 0 Å². The van der Waals surface area contributed by atoms with Crippen LogP contribution < -0.4 is 11.1 Å². The fraction of sp³-hybridized carbons (Fsp3) is 0.133. The lowest BCUT2D eigenvalue weighted by molar-refractivity contribution is -0.112. The summed E-state index contributed by atoms with van der Waals surface area (Å²) in [6.45, 7) is 7.43. The number of amides is 1. The standard InChI is InChI=1S/C15H18N4O/c1-4-10(3)8-11(5-2)15(20)18-12-6-7-13(16)14(9-12)19-17/h4-9,17H,2,16H2,1,3H3,(H,18,20)/b10-4-,11-8+,19-17?. The quantitative estimate of drug-likeness (QED) is 0.327. The van der Waals surface area contributed by atoms with Crippen molar-refractivity contribution in [2.75, 3.05) is 11.1 Å². The second kappa shape index (κ2) is 7.04. The van der Waals surface area contributed by atoms with Gasteiger partial charge in [0.25, 0.3) is 5.91 Å². The van der Waals surface area contributed by atoms with Gasteiger partial charge in [-0.2, -0.15) is 5.11 Å².